The maximum absolute atomic E-state index is 13.6. The van der Waals surface area contributed by atoms with Gasteiger partial charge in [0.1, 0.15) is 5.82 Å². The quantitative estimate of drug-likeness (QED) is 0.620. The van der Waals surface area contributed by atoms with Crippen molar-refractivity contribution in [3.8, 4) is 0 Å². The van der Waals surface area contributed by atoms with Gasteiger partial charge in [-0.3, -0.25) is 4.79 Å². The molecule has 1 aromatic carbocycles. The summed E-state index contributed by atoms with van der Waals surface area (Å²) in [6, 6.07) is 1.17. The number of nitrogens with zero attached hydrogens (tertiary/aromatic N) is 1. The number of likely N-dealkylation sites (tertiary alicyclic amines) is 1. The molecule has 24 heavy (non-hydrogen) atoms. The molecule has 0 radical (unpaired) electrons. The Balaban J connectivity index is 1.93. The maximum atomic E-state index is 13.6. The summed E-state index contributed by atoms with van der Waals surface area (Å²) in [4.78, 5) is 14.0. The summed E-state index contributed by atoms with van der Waals surface area (Å²) in [6.45, 7) is 4.54. The van der Waals surface area contributed by atoms with Crippen molar-refractivity contribution in [3.05, 3.63) is 35.1 Å². The number of hydrogen-bond donors (Lipinski definition) is 1. The monoisotopic (exact) mass is 361 g/mol. The van der Waals surface area contributed by atoms with E-state index < -0.39 is 17.5 Å². The van der Waals surface area contributed by atoms with Crippen molar-refractivity contribution < 1.29 is 22.7 Å². The van der Waals surface area contributed by atoms with E-state index in [4.69, 9.17) is 4.74 Å². The number of carbonyl (C=O) groups excluding carboxylic acids is 1. The summed E-state index contributed by atoms with van der Waals surface area (Å²) in [6.07, 6.45) is 1.14. The molecule has 0 bridgehead atoms. The van der Waals surface area contributed by atoms with Crippen LogP contribution in [0.2, 0.25) is 0 Å². The van der Waals surface area contributed by atoms with Gasteiger partial charge in [0.25, 0.3) is 0 Å². The lowest BCUT2D eigenvalue weighted by molar-refractivity contribution is -0.134. The average molecular weight is 361 g/mol. The fourth-order valence-corrected chi connectivity index (χ4v) is 3.22. The van der Waals surface area contributed by atoms with E-state index in [1.54, 1.807) is 4.90 Å². The van der Waals surface area contributed by atoms with E-state index in [1.165, 1.54) is 0 Å². The SMILES string of the molecule is CC(C)CC(=O)N1C[C@H](S)C[C@H]1COCc1cc(F)c(F)cc1F. The van der Waals surface area contributed by atoms with Crippen LogP contribution in [0, 0.1) is 23.4 Å². The van der Waals surface area contributed by atoms with Crippen LogP contribution in [0.25, 0.3) is 0 Å². The van der Waals surface area contributed by atoms with E-state index in [0.717, 1.165) is 6.07 Å². The summed E-state index contributed by atoms with van der Waals surface area (Å²) < 4.78 is 45.1. The lowest BCUT2D eigenvalue weighted by atomic mass is 10.1. The van der Waals surface area contributed by atoms with Crippen LogP contribution in [0.3, 0.4) is 0 Å². The highest BCUT2D eigenvalue weighted by Gasteiger charge is 2.33. The Labute approximate surface area is 145 Å². The number of hydrogen-bond acceptors (Lipinski definition) is 3. The Morgan fingerprint density at radius 3 is 2.62 bits per heavy atom. The molecule has 0 unspecified atom stereocenters. The first-order chi connectivity index (χ1) is 11.3. The number of halogens is 3. The number of benzene rings is 1. The normalized spacial score (nSPS) is 20.9. The zero-order valence-electron chi connectivity index (χ0n) is 13.8. The van der Waals surface area contributed by atoms with Crippen LogP contribution in [-0.2, 0) is 16.1 Å². The van der Waals surface area contributed by atoms with E-state index >= 15 is 0 Å². The van der Waals surface area contributed by atoms with Crippen molar-refractivity contribution in [1.29, 1.82) is 0 Å². The van der Waals surface area contributed by atoms with Crippen LogP contribution >= 0.6 is 12.6 Å². The second kappa shape index (κ2) is 8.25. The molecule has 0 spiro atoms. The Hall–Kier alpha value is -1.21. The molecule has 1 aliphatic heterocycles. The van der Waals surface area contributed by atoms with Crippen LogP contribution in [0.5, 0.6) is 0 Å². The summed E-state index contributed by atoms with van der Waals surface area (Å²) in [7, 11) is 0. The minimum Gasteiger partial charge on any atom is -0.375 e. The molecular formula is C17H22F3NO2S. The standard InChI is InChI=1S/C17H22F3NO2S/c1-10(2)3-17(22)21-7-13(24)5-12(21)9-23-8-11-4-15(19)16(20)6-14(11)18/h4,6,10,12-13,24H,3,5,7-9H2,1-2H3/t12-,13+/m0/s1. The molecule has 7 heteroatoms. The maximum Gasteiger partial charge on any atom is 0.223 e. The number of thiol groups is 1. The van der Waals surface area contributed by atoms with Gasteiger partial charge < -0.3 is 9.64 Å². The van der Waals surface area contributed by atoms with Gasteiger partial charge >= 0.3 is 0 Å². The first-order valence-electron chi connectivity index (χ1n) is 7.96. The van der Waals surface area contributed by atoms with Crippen LogP contribution in [0.15, 0.2) is 12.1 Å². The lowest BCUT2D eigenvalue weighted by Gasteiger charge is -2.25. The van der Waals surface area contributed by atoms with Crippen molar-refractivity contribution in [2.45, 2.75) is 44.6 Å². The van der Waals surface area contributed by atoms with E-state index in [1.807, 2.05) is 13.8 Å². The van der Waals surface area contributed by atoms with Gasteiger partial charge in [-0.05, 0) is 18.4 Å². The Bertz CT molecular complexity index is 597. The summed E-state index contributed by atoms with van der Waals surface area (Å²) in [5.74, 6) is -2.88. The highest BCUT2D eigenvalue weighted by molar-refractivity contribution is 7.81. The van der Waals surface area contributed by atoms with Crippen molar-refractivity contribution in [2.75, 3.05) is 13.2 Å². The summed E-state index contributed by atoms with van der Waals surface area (Å²) >= 11 is 4.43. The zero-order chi connectivity index (χ0) is 17.9. The second-order valence-electron chi connectivity index (χ2n) is 6.56. The Morgan fingerprint density at radius 1 is 1.29 bits per heavy atom. The number of ether oxygens (including phenoxy) is 1. The van der Waals surface area contributed by atoms with Crippen molar-refractivity contribution in [2.24, 2.45) is 5.92 Å². The van der Waals surface area contributed by atoms with Crippen molar-refractivity contribution in [1.82, 2.24) is 4.90 Å². The zero-order valence-corrected chi connectivity index (χ0v) is 14.7. The highest BCUT2D eigenvalue weighted by atomic mass is 32.1. The predicted octanol–water partition coefficient (Wildman–Crippen LogP) is 3.57. The van der Waals surface area contributed by atoms with E-state index in [2.05, 4.69) is 12.6 Å². The largest absolute Gasteiger partial charge is 0.375 e. The second-order valence-corrected chi connectivity index (χ2v) is 7.29. The third-order valence-corrected chi connectivity index (χ3v) is 4.33. The first kappa shape index (κ1) is 19.1. The van der Waals surface area contributed by atoms with Gasteiger partial charge in [0.05, 0.1) is 19.3 Å². The van der Waals surface area contributed by atoms with Gasteiger partial charge in [-0.15, -0.1) is 0 Å². The smallest absolute Gasteiger partial charge is 0.223 e. The van der Waals surface area contributed by atoms with Crippen LogP contribution in [-0.4, -0.2) is 35.3 Å². The molecule has 1 saturated heterocycles. The van der Waals surface area contributed by atoms with Gasteiger partial charge in [-0.2, -0.15) is 12.6 Å². The lowest BCUT2D eigenvalue weighted by Crippen LogP contribution is -2.39. The Kier molecular flexibility index (Phi) is 6.57. The van der Waals surface area contributed by atoms with Crippen LogP contribution in [0.1, 0.15) is 32.3 Å². The van der Waals surface area contributed by atoms with Gasteiger partial charge in [-0.25, -0.2) is 13.2 Å². The molecule has 0 aliphatic carbocycles. The first-order valence-corrected chi connectivity index (χ1v) is 8.48. The molecule has 2 rings (SSSR count). The topological polar surface area (TPSA) is 29.5 Å². The number of rotatable bonds is 6. The molecule has 134 valence electrons. The predicted molar refractivity (Wildman–Crippen MR) is 88.3 cm³/mol. The molecule has 1 heterocycles. The summed E-state index contributed by atoms with van der Waals surface area (Å²) in [5, 5.41) is 0.0784. The van der Waals surface area contributed by atoms with Gasteiger partial charge in [0.2, 0.25) is 5.91 Å². The van der Waals surface area contributed by atoms with Crippen LogP contribution in [0.4, 0.5) is 13.2 Å². The minimum absolute atomic E-state index is 0.0469. The molecule has 3 nitrogen and oxygen atoms in total. The third kappa shape index (κ3) is 4.89. The fourth-order valence-electron chi connectivity index (χ4n) is 2.80. The van der Waals surface area contributed by atoms with Gasteiger partial charge in [-0.1, -0.05) is 13.8 Å². The van der Waals surface area contributed by atoms with E-state index in [-0.39, 0.29) is 41.9 Å². The molecule has 1 amide bonds. The third-order valence-electron chi connectivity index (χ3n) is 3.95. The fraction of sp³-hybridized carbons (Fsp3) is 0.588. The van der Waals surface area contributed by atoms with E-state index in [0.29, 0.717) is 25.5 Å². The summed E-state index contributed by atoms with van der Waals surface area (Å²) in [5.41, 5.74) is -0.0469. The molecule has 0 saturated carbocycles. The van der Waals surface area contributed by atoms with Crippen molar-refractivity contribution in [3.63, 3.8) is 0 Å². The van der Waals surface area contributed by atoms with Gasteiger partial charge in [0, 0.05) is 29.8 Å². The van der Waals surface area contributed by atoms with Crippen molar-refractivity contribution >= 4 is 18.5 Å². The number of amides is 1. The van der Waals surface area contributed by atoms with E-state index in [9.17, 15) is 18.0 Å². The molecular weight excluding hydrogens is 339 g/mol. The molecule has 2 atom stereocenters. The molecule has 0 N–H and O–H groups in total. The van der Waals surface area contributed by atoms with Gasteiger partial charge in [0.15, 0.2) is 11.6 Å². The molecule has 1 aromatic rings. The average Bonchev–Trinajstić information content (AvgIpc) is 2.85. The molecule has 1 fully saturated rings. The minimum atomic E-state index is -1.23. The highest BCUT2D eigenvalue weighted by Crippen LogP contribution is 2.24. The van der Waals surface area contributed by atoms with Crippen LogP contribution < -0.4 is 0 Å². The number of carbonyl (C=O) groups is 1. The molecule has 1 aliphatic rings. The Morgan fingerprint density at radius 2 is 1.96 bits per heavy atom. The molecule has 0 aromatic heterocycles.